The molecular weight excluding hydrogens is 324 g/mol. The van der Waals surface area contributed by atoms with Gasteiger partial charge >= 0.3 is 6.09 Å². The molecule has 0 bridgehead atoms. The molecule has 0 atom stereocenters. The molecule has 0 saturated carbocycles. The maximum atomic E-state index is 12.6. The zero-order chi connectivity index (χ0) is 18.4. The molecule has 1 aliphatic rings. The smallest absolute Gasteiger partial charge is 0.409 e. The number of aryl methyl sites for hydroxylation is 1. The SMILES string of the molecule is CCOC(=O)N1CCN(C(=O)Cc2cc(OC)c(OC)cc2C)CC1. The maximum absolute atomic E-state index is 12.6. The van der Waals surface area contributed by atoms with Gasteiger partial charge in [0.1, 0.15) is 0 Å². The highest BCUT2D eigenvalue weighted by molar-refractivity contribution is 5.80. The molecule has 0 N–H and O–H groups in total. The molecule has 0 spiro atoms. The summed E-state index contributed by atoms with van der Waals surface area (Å²) in [6, 6.07) is 3.72. The van der Waals surface area contributed by atoms with Crippen molar-refractivity contribution < 1.29 is 23.8 Å². The van der Waals surface area contributed by atoms with E-state index in [4.69, 9.17) is 14.2 Å². The summed E-state index contributed by atoms with van der Waals surface area (Å²) in [6.07, 6.45) is -0.0173. The number of nitrogens with zero attached hydrogens (tertiary/aromatic N) is 2. The van der Waals surface area contributed by atoms with Crippen molar-refractivity contribution in [2.75, 3.05) is 47.0 Å². The van der Waals surface area contributed by atoms with E-state index >= 15 is 0 Å². The Balaban J connectivity index is 1.98. The molecule has 7 heteroatoms. The lowest BCUT2D eigenvalue weighted by Crippen LogP contribution is -2.51. The first-order valence-corrected chi connectivity index (χ1v) is 8.41. The van der Waals surface area contributed by atoms with Gasteiger partial charge in [0.05, 0.1) is 27.2 Å². The summed E-state index contributed by atoms with van der Waals surface area (Å²) >= 11 is 0. The lowest BCUT2D eigenvalue weighted by molar-refractivity contribution is -0.132. The molecular formula is C18H26N2O5. The van der Waals surface area contributed by atoms with Crippen LogP contribution in [0, 0.1) is 6.92 Å². The van der Waals surface area contributed by atoms with E-state index in [-0.39, 0.29) is 12.0 Å². The number of ether oxygens (including phenoxy) is 3. The molecule has 0 radical (unpaired) electrons. The number of carbonyl (C=O) groups is 2. The standard InChI is InChI=1S/C18H26N2O5/c1-5-25-18(22)20-8-6-19(7-9-20)17(21)12-14-11-16(24-4)15(23-3)10-13(14)2/h10-11H,5-9,12H2,1-4H3. The first kappa shape index (κ1) is 18.9. The third-order valence-electron chi connectivity index (χ3n) is 4.34. The van der Waals surface area contributed by atoms with Crippen molar-refractivity contribution in [3.63, 3.8) is 0 Å². The molecule has 2 rings (SSSR count). The summed E-state index contributed by atoms with van der Waals surface area (Å²) in [5.74, 6) is 1.31. The fraction of sp³-hybridized carbons (Fsp3) is 0.556. The average Bonchev–Trinajstić information content (AvgIpc) is 2.63. The second-order valence-electron chi connectivity index (χ2n) is 5.88. The van der Waals surface area contributed by atoms with Crippen LogP contribution < -0.4 is 9.47 Å². The third-order valence-corrected chi connectivity index (χ3v) is 4.34. The van der Waals surface area contributed by atoms with Gasteiger partial charge in [-0.3, -0.25) is 4.79 Å². The minimum atomic E-state index is -0.315. The number of amides is 2. The Morgan fingerprint density at radius 1 is 1.00 bits per heavy atom. The molecule has 0 unspecified atom stereocenters. The van der Waals surface area contributed by atoms with E-state index in [0.717, 1.165) is 11.1 Å². The summed E-state index contributed by atoms with van der Waals surface area (Å²) in [5.41, 5.74) is 1.90. The van der Waals surface area contributed by atoms with E-state index < -0.39 is 0 Å². The molecule has 1 heterocycles. The summed E-state index contributed by atoms with van der Waals surface area (Å²) in [7, 11) is 3.17. The summed E-state index contributed by atoms with van der Waals surface area (Å²) in [5, 5.41) is 0. The van der Waals surface area contributed by atoms with Crippen molar-refractivity contribution in [3.8, 4) is 11.5 Å². The molecule has 138 valence electrons. The molecule has 0 aromatic heterocycles. The zero-order valence-electron chi connectivity index (χ0n) is 15.3. The van der Waals surface area contributed by atoms with Gasteiger partial charge in [-0.15, -0.1) is 0 Å². The van der Waals surface area contributed by atoms with Gasteiger partial charge in [0, 0.05) is 26.2 Å². The predicted octanol–water partition coefficient (Wildman–Crippen LogP) is 1.86. The van der Waals surface area contributed by atoms with Crippen molar-refractivity contribution in [2.24, 2.45) is 0 Å². The van der Waals surface area contributed by atoms with Gasteiger partial charge in [-0.2, -0.15) is 0 Å². The fourth-order valence-electron chi connectivity index (χ4n) is 2.84. The number of hydrogen-bond donors (Lipinski definition) is 0. The van der Waals surface area contributed by atoms with Crippen LogP contribution in [0.5, 0.6) is 11.5 Å². The number of rotatable bonds is 5. The number of carbonyl (C=O) groups excluding carboxylic acids is 2. The highest BCUT2D eigenvalue weighted by Crippen LogP contribution is 2.30. The minimum Gasteiger partial charge on any atom is -0.493 e. The van der Waals surface area contributed by atoms with Gasteiger partial charge in [-0.25, -0.2) is 4.79 Å². The Bertz CT molecular complexity index is 624. The van der Waals surface area contributed by atoms with Gasteiger partial charge < -0.3 is 24.0 Å². The second kappa shape index (κ2) is 8.60. The topological polar surface area (TPSA) is 68.3 Å². The van der Waals surface area contributed by atoms with Crippen molar-refractivity contribution in [2.45, 2.75) is 20.3 Å². The van der Waals surface area contributed by atoms with Crippen LogP contribution in [0.25, 0.3) is 0 Å². The van der Waals surface area contributed by atoms with Gasteiger partial charge in [0.25, 0.3) is 0 Å². The lowest BCUT2D eigenvalue weighted by atomic mass is 10.0. The molecule has 1 aromatic carbocycles. The molecule has 1 fully saturated rings. The minimum absolute atomic E-state index is 0.0406. The third kappa shape index (κ3) is 4.55. The normalized spacial score (nSPS) is 14.2. The quantitative estimate of drug-likeness (QED) is 0.811. The van der Waals surface area contributed by atoms with Crippen LogP contribution in [0.2, 0.25) is 0 Å². The molecule has 1 aromatic rings. The van der Waals surface area contributed by atoms with Crippen LogP contribution in [-0.2, 0) is 16.0 Å². The number of piperazine rings is 1. The lowest BCUT2D eigenvalue weighted by Gasteiger charge is -2.34. The highest BCUT2D eigenvalue weighted by atomic mass is 16.6. The van der Waals surface area contributed by atoms with Gasteiger partial charge in [0.15, 0.2) is 11.5 Å². The van der Waals surface area contributed by atoms with E-state index in [1.54, 1.807) is 30.9 Å². The van der Waals surface area contributed by atoms with E-state index in [1.165, 1.54) is 0 Å². The van der Waals surface area contributed by atoms with Crippen LogP contribution in [0.4, 0.5) is 4.79 Å². The van der Waals surface area contributed by atoms with Crippen LogP contribution in [0.15, 0.2) is 12.1 Å². The number of benzene rings is 1. The molecule has 25 heavy (non-hydrogen) atoms. The summed E-state index contributed by atoms with van der Waals surface area (Å²) in [6.45, 7) is 6.11. The van der Waals surface area contributed by atoms with E-state index in [0.29, 0.717) is 50.7 Å². The van der Waals surface area contributed by atoms with E-state index in [2.05, 4.69) is 0 Å². The monoisotopic (exact) mass is 350 g/mol. The van der Waals surface area contributed by atoms with Gasteiger partial charge in [-0.05, 0) is 37.1 Å². The van der Waals surface area contributed by atoms with Crippen molar-refractivity contribution in [1.29, 1.82) is 0 Å². The Hall–Kier alpha value is -2.44. The van der Waals surface area contributed by atoms with E-state index in [9.17, 15) is 9.59 Å². The van der Waals surface area contributed by atoms with Crippen LogP contribution in [0.3, 0.4) is 0 Å². The largest absolute Gasteiger partial charge is 0.493 e. The van der Waals surface area contributed by atoms with Crippen molar-refractivity contribution >= 4 is 12.0 Å². The van der Waals surface area contributed by atoms with E-state index in [1.807, 2.05) is 19.1 Å². The van der Waals surface area contributed by atoms with Crippen LogP contribution >= 0.6 is 0 Å². The Kier molecular flexibility index (Phi) is 6.50. The van der Waals surface area contributed by atoms with Gasteiger partial charge in [-0.1, -0.05) is 0 Å². The van der Waals surface area contributed by atoms with Gasteiger partial charge in [0.2, 0.25) is 5.91 Å². The summed E-state index contributed by atoms with van der Waals surface area (Å²) < 4.78 is 15.6. The Labute approximate surface area is 148 Å². The van der Waals surface area contributed by atoms with Crippen molar-refractivity contribution in [1.82, 2.24) is 9.80 Å². The predicted molar refractivity (Wildman–Crippen MR) is 93.2 cm³/mol. The molecule has 2 amide bonds. The van der Waals surface area contributed by atoms with Crippen LogP contribution in [0.1, 0.15) is 18.1 Å². The second-order valence-corrected chi connectivity index (χ2v) is 5.88. The highest BCUT2D eigenvalue weighted by Gasteiger charge is 2.25. The number of methoxy groups -OCH3 is 2. The first-order valence-electron chi connectivity index (χ1n) is 8.41. The Morgan fingerprint density at radius 2 is 1.56 bits per heavy atom. The molecule has 0 aliphatic carbocycles. The van der Waals surface area contributed by atoms with Crippen LogP contribution in [-0.4, -0.2) is 68.8 Å². The molecule has 1 saturated heterocycles. The molecule has 7 nitrogen and oxygen atoms in total. The van der Waals surface area contributed by atoms with Crippen molar-refractivity contribution in [3.05, 3.63) is 23.3 Å². The maximum Gasteiger partial charge on any atom is 0.409 e. The zero-order valence-corrected chi connectivity index (χ0v) is 15.3. The molecule has 1 aliphatic heterocycles. The average molecular weight is 350 g/mol. The summed E-state index contributed by atoms with van der Waals surface area (Å²) in [4.78, 5) is 27.7. The first-order chi connectivity index (χ1) is 12.0. The fourth-order valence-corrected chi connectivity index (χ4v) is 2.84. The Morgan fingerprint density at radius 3 is 2.12 bits per heavy atom. The number of hydrogen-bond acceptors (Lipinski definition) is 5.